The van der Waals surface area contributed by atoms with Crippen molar-refractivity contribution < 1.29 is 4.79 Å². The molecule has 0 bridgehead atoms. The number of nitrogen functional groups attached to an aromatic ring is 1. The largest absolute Gasteiger partial charge is 0.384 e. The van der Waals surface area contributed by atoms with Crippen LogP contribution in [0.2, 0.25) is 0 Å². The predicted octanol–water partition coefficient (Wildman–Crippen LogP) is 1.18. The van der Waals surface area contributed by atoms with Crippen LogP contribution in [-0.2, 0) is 11.8 Å². The van der Waals surface area contributed by atoms with Gasteiger partial charge in [0.15, 0.2) is 0 Å². The van der Waals surface area contributed by atoms with Crippen LogP contribution in [0.5, 0.6) is 0 Å². The molecule has 2 aromatic rings. The number of hydrogen-bond acceptors (Lipinski definition) is 5. The molecule has 2 aromatic heterocycles. The average Bonchev–Trinajstić information content (AvgIpc) is 2.94. The van der Waals surface area contributed by atoms with Crippen LogP contribution >= 0.6 is 0 Å². The van der Waals surface area contributed by atoms with Gasteiger partial charge in [0.05, 0.1) is 5.69 Å². The highest BCUT2D eigenvalue weighted by molar-refractivity contribution is 5.92. The van der Waals surface area contributed by atoms with E-state index in [2.05, 4.69) is 15.0 Å². The summed E-state index contributed by atoms with van der Waals surface area (Å²) in [4.78, 5) is 38.2. The van der Waals surface area contributed by atoms with Gasteiger partial charge in [-0.3, -0.25) is 9.59 Å². The molecule has 0 atom stereocenters. The normalized spacial score (nSPS) is 18.4. The molecule has 3 N–H and O–H groups in total. The van der Waals surface area contributed by atoms with Gasteiger partial charge in [0.25, 0.3) is 11.5 Å². The first-order valence-corrected chi connectivity index (χ1v) is 8.61. The third kappa shape index (κ3) is 2.59. The smallest absolute Gasteiger partial charge is 0.272 e. The first-order chi connectivity index (χ1) is 12.0. The van der Waals surface area contributed by atoms with E-state index in [1.54, 1.807) is 18.2 Å². The molecule has 1 fully saturated rings. The van der Waals surface area contributed by atoms with Gasteiger partial charge in [-0.2, -0.15) is 0 Å². The summed E-state index contributed by atoms with van der Waals surface area (Å²) in [6.07, 6.45) is 3.34. The van der Waals surface area contributed by atoms with Crippen molar-refractivity contribution in [1.82, 2.24) is 19.9 Å². The molecule has 1 saturated heterocycles. The van der Waals surface area contributed by atoms with Gasteiger partial charge in [-0.05, 0) is 44.7 Å². The van der Waals surface area contributed by atoms with Crippen LogP contribution in [0.3, 0.4) is 0 Å². The number of pyridine rings is 1. The van der Waals surface area contributed by atoms with Gasteiger partial charge in [0.1, 0.15) is 17.3 Å². The highest BCUT2D eigenvalue weighted by Crippen LogP contribution is 2.44. The van der Waals surface area contributed by atoms with Crippen LogP contribution in [0.25, 0.3) is 0 Å². The lowest BCUT2D eigenvalue weighted by Crippen LogP contribution is -2.45. The maximum atomic E-state index is 12.6. The number of nitrogens with one attached hydrogen (secondary N) is 1. The SMILES string of the molecule is Cc1nc2c(c(=O)[nH]1)CCC21CCN(C(=O)c2cccc(N)n2)CC1. The van der Waals surface area contributed by atoms with Gasteiger partial charge >= 0.3 is 0 Å². The molecule has 1 aliphatic carbocycles. The Morgan fingerprint density at radius 2 is 2.00 bits per heavy atom. The Balaban J connectivity index is 1.55. The number of anilines is 1. The Labute approximate surface area is 145 Å². The number of nitrogens with two attached hydrogens (primary N) is 1. The van der Waals surface area contributed by atoms with Gasteiger partial charge in [0, 0.05) is 24.1 Å². The minimum Gasteiger partial charge on any atom is -0.384 e. The minimum absolute atomic E-state index is 0.0122. The maximum absolute atomic E-state index is 12.6. The second-order valence-corrected chi connectivity index (χ2v) is 7.00. The fourth-order valence-electron chi connectivity index (χ4n) is 4.12. The van der Waals surface area contributed by atoms with Crippen LogP contribution in [-0.4, -0.2) is 38.8 Å². The molecule has 3 heterocycles. The van der Waals surface area contributed by atoms with Gasteiger partial charge in [0.2, 0.25) is 0 Å². The molecule has 130 valence electrons. The van der Waals surface area contributed by atoms with Crippen molar-refractivity contribution in [1.29, 1.82) is 0 Å². The van der Waals surface area contributed by atoms with Crippen molar-refractivity contribution in [2.45, 2.75) is 38.0 Å². The van der Waals surface area contributed by atoms with E-state index in [1.165, 1.54) is 0 Å². The third-order valence-electron chi connectivity index (χ3n) is 5.49. The number of fused-ring (bicyclic) bond motifs is 2. The number of nitrogens with zero attached hydrogens (tertiary/aromatic N) is 3. The average molecular weight is 339 g/mol. The van der Waals surface area contributed by atoms with Crippen molar-refractivity contribution in [3.8, 4) is 0 Å². The van der Waals surface area contributed by atoms with Crippen LogP contribution in [0.4, 0.5) is 5.82 Å². The second-order valence-electron chi connectivity index (χ2n) is 7.00. The molecule has 4 rings (SSSR count). The second kappa shape index (κ2) is 5.68. The number of amides is 1. The van der Waals surface area contributed by atoms with E-state index in [0.29, 0.717) is 30.4 Å². The molecule has 1 amide bonds. The standard InChI is InChI=1S/C18H21N5O2/c1-11-20-15-12(16(24)21-11)5-6-18(15)7-9-23(10-8-18)17(25)13-3-2-4-14(19)22-13/h2-4H,5-10H2,1H3,(H2,19,22)(H,20,21,24). The van der Waals surface area contributed by atoms with Crippen molar-refractivity contribution in [3.63, 3.8) is 0 Å². The molecule has 0 saturated carbocycles. The Hall–Kier alpha value is -2.70. The van der Waals surface area contributed by atoms with Crippen molar-refractivity contribution in [2.75, 3.05) is 18.8 Å². The van der Waals surface area contributed by atoms with E-state index in [4.69, 9.17) is 5.73 Å². The fourth-order valence-corrected chi connectivity index (χ4v) is 4.12. The van der Waals surface area contributed by atoms with Crippen LogP contribution in [0, 0.1) is 6.92 Å². The van der Waals surface area contributed by atoms with Crippen LogP contribution < -0.4 is 11.3 Å². The highest BCUT2D eigenvalue weighted by Gasteiger charge is 2.44. The number of likely N-dealkylation sites (tertiary alicyclic amines) is 1. The first-order valence-electron chi connectivity index (χ1n) is 8.61. The summed E-state index contributed by atoms with van der Waals surface area (Å²) >= 11 is 0. The lowest BCUT2D eigenvalue weighted by molar-refractivity contribution is 0.0657. The number of aromatic amines is 1. The summed E-state index contributed by atoms with van der Waals surface area (Å²) in [6, 6.07) is 5.11. The summed E-state index contributed by atoms with van der Waals surface area (Å²) in [5, 5.41) is 0. The van der Waals surface area contributed by atoms with E-state index in [0.717, 1.165) is 36.9 Å². The van der Waals surface area contributed by atoms with E-state index in [9.17, 15) is 9.59 Å². The molecule has 0 aromatic carbocycles. The minimum atomic E-state index is -0.0876. The van der Waals surface area contributed by atoms with Crippen molar-refractivity contribution >= 4 is 11.7 Å². The Kier molecular flexibility index (Phi) is 3.59. The molecule has 2 aliphatic rings. The number of piperidine rings is 1. The quantitative estimate of drug-likeness (QED) is 0.811. The van der Waals surface area contributed by atoms with E-state index in [1.807, 2.05) is 11.8 Å². The molecule has 0 unspecified atom stereocenters. The number of aromatic nitrogens is 3. The van der Waals surface area contributed by atoms with Crippen molar-refractivity contribution in [2.24, 2.45) is 0 Å². The zero-order chi connectivity index (χ0) is 17.6. The Bertz CT molecular complexity index is 897. The Morgan fingerprint density at radius 1 is 1.24 bits per heavy atom. The summed E-state index contributed by atoms with van der Waals surface area (Å²) in [5.74, 6) is 0.922. The number of aryl methyl sites for hydroxylation is 1. The highest BCUT2D eigenvalue weighted by atomic mass is 16.2. The number of hydrogen-bond donors (Lipinski definition) is 2. The monoisotopic (exact) mass is 339 g/mol. The molecular formula is C18H21N5O2. The van der Waals surface area contributed by atoms with Crippen LogP contribution in [0.1, 0.15) is 46.8 Å². The molecule has 7 nitrogen and oxygen atoms in total. The number of carbonyl (C=O) groups is 1. The van der Waals surface area contributed by atoms with E-state index < -0.39 is 0 Å². The summed E-state index contributed by atoms with van der Waals surface area (Å²) < 4.78 is 0. The van der Waals surface area contributed by atoms with Gasteiger partial charge in [-0.1, -0.05) is 6.07 Å². The number of H-pyrrole nitrogens is 1. The molecule has 1 aliphatic heterocycles. The molecular weight excluding hydrogens is 318 g/mol. The van der Waals surface area contributed by atoms with E-state index >= 15 is 0 Å². The maximum Gasteiger partial charge on any atom is 0.272 e. The molecule has 0 radical (unpaired) electrons. The fraction of sp³-hybridized carbons (Fsp3) is 0.444. The number of carbonyl (C=O) groups excluding carboxylic acids is 1. The van der Waals surface area contributed by atoms with E-state index in [-0.39, 0.29) is 16.9 Å². The summed E-state index contributed by atoms with van der Waals surface area (Å²) in [6.45, 7) is 3.10. The summed E-state index contributed by atoms with van der Waals surface area (Å²) in [7, 11) is 0. The molecule has 7 heteroatoms. The summed E-state index contributed by atoms with van der Waals surface area (Å²) in [5.41, 5.74) is 7.74. The van der Waals surface area contributed by atoms with Gasteiger partial charge in [-0.25, -0.2) is 9.97 Å². The number of rotatable bonds is 1. The molecule has 25 heavy (non-hydrogen) atoms. The lowest BCUT2D eigenvalue weighted by Gasteiger charge is -2.39. The topological polar surface area (TPSA) is 105 Å². The molecule has 1 spiro atoms. The first kappa shape index (κ1) is 15.8. The zero-order valence-electron chi connectivity index (χ0n) is 14.2. The van der Waals surface area contributed by atoms with Crippen molar-refractivity contribution in [3.05, 3.63) is 51.3 Å². The third-order valence-corrected chi connectivity index (χ3v) is 5.49. The van der Waals surface area contributed by atoms with Gasteiger partial charge in [-0.15, -0.1) is 0 Å². The lowest BCUT2D eigenvalue weighted by atomic mass is 9.76. The Morgan fingerprint density at radius 3 is 2.72 bits per heavy atom. The zero-order valence-corrected chi connectivity index (χ0v) is 14.2. The van der Waals surface area contributed by atoms with Crippen LogP contribution in [0.15, 0.2) is 23.0 Å². The predicted molar refractivity (Wildman–Crippen MR) is 93.4 cm³/mol. The van der Waals surface area contributed by atoms with Gasteiger partial charge < -0.3 is 15.6 Å².